The van der Waals surface area contributed by atoms with Gasteiger partial charge in [0.2, 0.25) is 41.4 Å². The van der Waals surface area contributed by atoms with Crippen molar-refractivity contribution in [2.75, 3.05) is 38.4 Å². The van der Waals surface area contributed by atoms with Gasteiger partial charge in [-0.3, -0.25) is 38.4 Å². The standard InChI is InChI=1S/C31H38N6O8S.C22H17FN2O4.C2H6/c1-45-19-35-27(40)17-34-30(43)23(14-21-6-3-2-4-7-21)36-28(41)18-33-26(39)16-32-25(38)9-5-8-20-10-12-22(13-11-20)37-29(42)15-24(46)31(37)44;1-9-10-3-2-4-11-13-7-25-17(19(13)24-16(18(10)11)6-15(9)23)5-12-14(21(25)27)8-29-22(28)20(12)26;1-2/h2-4,6-7,10-13,23-24,46H,5,8-9,14-19H2,1H3,(H,32,38)(H,33,39)(H,34,43)(H,35,40)(H,36,41);5-6,20,26H,2-4,7-8H2,1H3;1-2H3. The summed E-state index contributed by atoms with van der Waals surface area (Å²) in [5.74, 6) is -4.29. The number of methoxy groups -OCH3 is 1. The van der Waals surface area contributed by atoms with Crippen molar-refractivity contribution in [1.82, 2.24) is 36.1 Å². The number of anilines is 1. The number of nitrogens with one attached hydrogen (secondary N) is 5. The van der Waals surface area contributed by atoms with Gasteiger partial charge in [0.05, 0.1) is 59.6 Å². The Morgan fingerprint density at radius 1 is 0.844 bits per heavy atom. The Balaban J connectivity index is 0.000000236. The van der Waals surface area contributed by atoms with Gasteiger partial charge in [0.15, 0.2) is 6.10 Å². The van der Waals surface area contributed by atoms with Gasteiger partial charge in [0.25, 0.3) is 5.56 Å². The molecule has 9 rings (SSSR count). The van der Waals surface area contributed by atoms with E-state index >= 15 is 0 Å². The molecule has 0 saturated carbocycles. The summed E-state index contributed by atoms with van der Waals surface area (Å²) < 4.78 is 25.8. The lowest BCUT2D eigenvalue weighted by atomic mass is 9.85. The average molecular weight is 1080 g/mol. The van der Waals surface area contributed by atoms with Gasteiger partial charge in [-0.2, -0.15) is 12.6 Å². The van der Waals surface area contributed by atoms with E-state index in [2.05, 4.69) is 39.2 Å². The van der Waals surface area contributed by atoms with Crippen LogP contribution in [0.2, 0.25) is 0 Å². The van der Waals surface area contributed by atoms with Crippen molar-refractivity contribution in [3.8, 4) is 11.4 Å². The Morgan fingerprint density at radius 2 is 1.52 bits per heavy atom. The number of esters is 1. The predicted molar refractivity (Wildman–Crippen MR) is 284 cm³/mol. The van der Waals surface area contributed by atoms with Gasteiger partial charge in [0.1, 0.15) is 25.2 Å². The number of aliphatic hydroxyl groups is 1. The average Bonchev–Trinajstić information content (AvgIpc) is 3.95. The number of hydrogen-bond acceptors (Lipinski definition) is 14. The Labute approximate surface area is 448 Å². The number of thiol groups is 1. The molecule has 7 amide bonds. The third-order valence-electron chi connectivity index (χ3n) is 13.4. The highest BCUT2D eigenvalue weighted by Crippen LogP contribution is 2.42. The number of amides is 7. The van der Waals surface area contributed by atoms with Gasteiger partial charge in [-0.15, -0.1) is 0 Å². The van der Waals surface area contributed by atoms with Gasteiger partial charge < -0.3 is 45.7 Å². The van der Waals surface area contributed by atoms with Crippen molar-refractivity contribution in [3.05, 3.63) is 127 Å². The largest absolute Gasteiger partial charge is 0.458 e. The predicted octanol–water partition coefficient (Wildman–Crippen LogP) is 2.85. The van der Waals surface area contributed by atoms with Crippen molar-refractivity contribution in [3.63, 3.8) is 0 Å². The number of nitrogens with zero attached hydrogens (tertiary/aromatic N) is 3. The number of aryl methyl sites for hydroxylation is 3. The van der Waals surface area contributed by atoms with Crippen LogP contribution < -0.4 is 37.0 Å². The molecule has 3 aromatic carbocycles. The molecule has 406 valence electrons. The van der Waals surface area contributed by atoms with E-state index in [9.17, 15) is 52.6 Å². The van der Waals surface area contributed by atoms with Crippen molar-refractivity contribution in [2.45, 2.75) is 103 Å². The molecule has 1 saturated heterocycles. The van der Waals surface area contributed by atoms with E-state index < -0.39 is 53.5 Å². The molecule has 3 atom stereocenters. The summed E-state index contributed by atoms with van der Waals surface area (Å²) in [6.45, 7) is 4.95. The second kappa shape index (κ2) is 25.8. The first-order chi connectivity index (χ1) is 37.0. The highest BCUT2D eigenvalue weighted by Gasteiger charge is 2.38. The summed E-state index contributed by atoms with van der Waals surface area (Å²) in [6, 6.07) is 18.0. The number of carbonyl (C=O) groups excluding carboxylic acids is 8. The monoisotopic (exact) mass is 1080 g/mol. The molecule has 77 heavy (non-hydrogen) atoms. The van der Waals surface area contributed by atoms with E-state index in [1.54, 1.807) is 66.1 Å². The fraction of sp³-hybridized carbons (Fsp3) is 0.382. The van der Waals surface area contributed by atoms with Crippen LogP contribution in [0.3, 0.4) is 0 Å². The number of carbonyl (C=O) groups is 8. The van der Waals surface area contributed by atoms with Gasteiger partial charge in [-0.25, -0.2) is 19.1 Å². The Morgan fingerprint density at radius 3 is 2.22 bits per heavy atom. The summed E-state index contributed by atoms with van der Waals surface area (Å²) in [4.78, 5) is 116. The summed E-state index contributed by atoms with van der Waals surface area (Å²) in [7, 11) is 1.41. The zero-order valence-electron chi connectivity index (χ0n) is 43.1. The quantitative estimate of drug-likeness (QED) is 0.0300. The molecule has 1 aliphatic carbocycles. The number of pyridine rings is 2. The van der Waals surface area contributed by atoms with E-state index in [0.29, 0.717) is 53.1 Å². The smallest absolute Gasteiger partial charge is 0.340 e. The molecule has 4 aliphatic rings. The first kappa shape index (κ1) is 56.9. The fourth-order valence-corrected chi connectivity index (χ4v) is 9.81. The molecule has 5 heterocycles. The number of aromatic nitrogens is 2. The molecule has 0 bridgehead atoms. The number of ether oxygens (including phenoxy) is 2. The van der Waals surface area contributed by atoms with Crippen LogP contribution in [0.5, 0.6) is 0 Å². The molecular weight excluding hydrogens is 1020 g/mol. The maximum absolute atomic E-state index is 14.5. The number of cyclic esters (lactones) is 1. The van der Waals surface area contributed by atoms with Gasteiger partial charge in [0, 0.05) is 49.0 Å². The molecule has 6 N–H and O–H groups in total. The molecule has 1 fully saturated rings. The molecule has 5 aromatic rings. The number of rotatable bonds is 17. The van der Waals surface area contributed by atoms with Crippen LogP contribution in [0, 0.1) is 12.7 Å². The minimum atomic E-state index is -1.48. The topological polar surface area (TPSA) is 274 Å². The number of benzene rings is 3. The van der Waals surface area contributed by atoms with Crippen LogP contribution in [0.25, 0.3) is 22.3 Å². The Hall–Kier alpha value is -7.82. The first-order valence-corrected chi connectivity index (χ1v) is 25.8. The van der Waals surface area contributed by atoms with Crippen LogP contribution in [0.15, 0.2) is 71.5 Å². The van der Waals surface area contributed by atoms with Crippen molar-refractivity contribution >= 4 is 76.5 Å². The highest BCUT2D eigenvalue weighted by molar-refractivity contribution is 7.82. The number of aliphatic hydroxyl groups excluding tert-OH is 1. The lowest BCUT2D eigenvalue weighted by molar-refractivity contribution is -0.157. The van der Waals surface area contributed by atoms with E-state index in [-0.39, 0.29) is 80.4 Å². The Kier molecular flexibility index (Phi) is 19.1. The number of hydrogen-bond donors (Lipinski definition) is 7. The zero-order valence-corrected chi connectivity index (χ0v) is 44.0. The van der Waals surface area contributed by atoms with Crippen LogP contribution in [0.4, 0.5) is 10.1 Å². The van der Waals surface area contributed by atoms with E-state index in [1.165, 1.54) is 13.2 Å². The lowest BCUT2D eigenvalue weighted by Gasteiger charge is -2.22. The minimum Gasteiger partial charge on any atom is -0.458 e. The maximum atomic E-state index is 14.5. The second-order valence-electron chi connectivity index (χ2n) is 18.4. The first-order valence-electron chi connectivity index (χ1n) is 25.3. The van der Waals surface area contributed by atoms with Crippen molar-refractivity contribution in [2.24, 2.45) is 0 Å². The van der Waals surface area contributed by atoms with E-state index in [4.69, 9.17) is 14.5 Å². The highest BCUT2D eigenvalue weighted by atomic mass is 32.1. The molecule has 20 nitrogen and oxygen atoms in total. The molecular formula is C55H61FN8O12S. The third kappa shape index (κ3) is 13.2. The maximum Gasteiger partial charge on any atom is 0.340 e. The van der Waals surface area contributed by atoms with Crippen molar-refractivity contribution in [1.29, 1.82) is 0 Å². The van der Waals surface area contributed by atoms with Gasteiger partial charge >= 0.3 is 5.97 Å². The van der Waals surface area contributed by atoms with Crippen LogP contribution in [-0.4, -0.2) is 107 Å². The normalized spacial score (nSPS) is 16.0. The van der Waals surface area contributed by atoms with Crippen molar-refractivity contribution < 1.29 is 57.3 Å². The molecule has 3 aliphatic heterocycles. The number of imide groups is 1. The van der Waals surface area contributed by atoms with Crippen LogP contribution >= 0.6 is 12.6 Å². The minimum absolute atomic E-state index is 0.0140. The van der Waals surface area contributed by atoms with Gasteiger partial charge in [-0.1, -0.05) is 56.3 Å². The SMILES string of the molecule is CC.COCNC(=O)CNC(=O)C(Cc1ccccc1)NC(=O)CNC(=O)CNC(=O)CCCc1ccc(N2C(=O)CC(S)C2=O)cc1.Cc1c(F)cc2nc3c(c4c2c1CCC4)Cn1c-3cc2c(c1=O)COC(=O)C2O. The third-order valence-corrected chi connectivity index (χ3v) is 13.8. The summed E-state index contributed by atoms with van der Waals surface area (Å²) >= 11 is 4.13. The summed E-state index contributed by atoms with van der Waals surface area (Å²) in [5, 5.41) is 23.0. The summed E-state index contributed by atoms with van der Waals surface area (Å²) in [5.41, 5.74) is 8.03. The molecule has 0 spiro atoms. The van der Waals surface area contributed by atoms with E-state index in [0.717, 1.165) is 57.4 Å². The fourth-order valence-electron chi connectivity index (χ4n) is 9.53. The zero-order chi connectivity index (χ0) is 55.5. The lowest BCUT2D eigenvalue weighted by Crippen LogP contribution is -2.52. The molecule has 22 heteroatoms. The number of halogens is 1. The molecule has 3 unspecified atom stereocenters. The van der Waals surface area contributed by atoms with Crippen LogP contribution in [0.1, 0.15) is 90.1 Å². The Bertz CT molecular complexity index is 3170. The van der Waals surface area contributed by atoms with Gasteiger partial charge in [-0.05, 0) is 85.0 Å². The number of fused-ring (bicyclic) bond motifs is 5. The van der Waals surface area contributed by atoms with E-state index in [1.807, 2.05) is 19.9 Å². The molecule has 0 radical (unpaired) electrons. The molecule has 2 aromatic heterocycles. The second-order valence-corrected chi connectivity index (χ2v) is 19.0. The van der Waals surface area contributed by atoms with Crippen LogP contribution in [-0.2, 0) is 86.7 Å². The summed E-state index contributed by atoms with van der Waals surface area (Å²) in [6.07, 6.45) is 2.54.